The molecule has 2 aromatic carbocycles. The Kier molecular flexibility index (Phi) is 5.06. The van der Waals surface area contributed by atoms with Gasteiger partial charge in [0.05, 0.1) is 19.0 Å². The van der Waals surface area contributed by atoms with Gasteiger partial charge in [-0.05, 0) is 23.8 Å². The number of halogens is 4. The lowest BCUT2D eigenvalue weighted by Gasteiger charge is -2.17. The van der Waals surface area contributed by atoms with Gasteiger partial charge in [-0.3, -0.25) is 0 Å². The smallest absolute Gasteiger partial charge is 0.145 e. The zero-order valence-electron chi connectivity index (χ0n) is 11.3. The minimum absolute atomic E-state index is 0.304. The van der Waals surface area contributed by atoms with E-state index in [-0.39, 0.29) is 0 Å². The molecule has 0 heterocycles. The fourth-order valence-electron chi connectivity index (χ4n) is 2.02. The van der Waals surface area contributed by atoms with Gasteiger partial charge in [0.25, 0.3) is 0 Å². The third-order valence-electron chi connectivity index (χ3n) is 2.97. The summed E-state index contributed by atoms with van der Waals surface area (Å²) in [6.45, 7) is 0. The van der Waals surface area contributed by atoms with Crippen molar-refractivity contribution in [3.05, 3.63) is 58.1 Å². The first-order valence-electron chi connectivity index (χ1n) is 5.98. The third-order valence-corrected chi connectivity index (χ3v) is 4.35. The zero-order valence-corrected chi connectivity index (χ0v) is 13.6. The van der Waals surface area contributed by atoms with E-state index in [1.165, 1.54) is 26.4 Å². The van der Waals surface area contributed by atoms with Crippen molar-refractivity contribution in [3.8, 4) is 11.5 Å². The summed E-state index contributed by atoms with van der Waals surface area (Å²) in [5.74, 6) is -0.439. The van der Waals surface area contributed by atoms with Crippen LogP contribution in [0.5, 0.6) is 11.5 Å². The van der Waals surface area contributed by atoms with E-state index in [1.54, 1.807) is 12.1 Å². The molecule has 6 heteroatoms. The van der Waals surface area contributed by atoms with E-state index < -0.39 is 16.5 Å². The Morgan fingerprint density at radius 1 is 1.05 bits per heavy atom. The molecule has 112 valence electrons. The van der Waals surface area contributed by atoms with Crippen LogP contribution in [0.15, 0.2) is 30.3 Å². The molecule has 0 aliphatic heterocycles. The van der Waals surface area contributed by atoms with Gasteiger partial charge < -0.3 is 9.47 Å². The lowest BCUT2D eigenvalue weighted by molar-refractivity contribution is 0.392. The van der Waals surface area contributed by atoms with E-state index in [9.17, 15) is 8.78 Å². The molecule has 0 spiro atoms. The fraction of sp³-hybridized carbons (Fsp3) is 0.200. The van der Waals surface area contributed by atoms with Crippen LogP contribution in [0, 0.1) is 11.6 Å². The number of alkyl halides is 1. The lowest BCUT2D eigenvalue weighted by atomic mass is 10.0. The van der Waals surface area contributed by atoms with Crippen LogP contribution >= 0.6 is 27.5 Å². The van der Waals surface area contributed by atoms with E-state index in [0.29, 0.717) is 27.6 Å². The van der Waals surface area contributed by atoms with Gasteiger partial charge in [0.1, 0.15) is 28.2 Å². The van der Waals surface area contributed by atoms with Crippen LogP contribution in [0.2, 0.25) is 5.02 Å². The van der Waals surface area contributed by atoms with Crippen molar-refractivity contribution >= 4 is 27.5 Å². The van der Waals surface area contributed by atoms with Gasteiger partial charge in [0.15, 0.2) is 0 Å². The molecule has 0 bridgehead atoms. The second kappa shape index (κ2) is 6.62. The minimum atomic E-state index is -0.645. The monoisotopic (exact) mass is 376 g/mol. The molecular formula is C15H12BrClF2O2. The van der Waals surface area contributed by atoms with Crippen molar-refractivity contribution in [1.82, 2.24) is 0 Å². The number of hydrogen-bond acceptors (Lipinski definition) is 2. The first-order valence-corrected chi connectivity index (χ1v) is 7.27. The average molecular weight is 378 g/mol. The van der Waals surface area contributed by atoms with E-state index in [1.807, 2.05) is 0 Å². The van der Waals surface area contributed by atoms with Gasteiger partial charge >= 0.3 is 0 Å². The molecule has 0 N–H and O–H groups in total. The van der Waals surface area contributed by atoms with Crippen molar-refractivity contribution in [2.45, 2.75) is 4.83 Å². The molecule has 0 amide bonds. The summed E-state index contributed by atoms with van der Waals surface area (Å²) < 4.78 is 37.1. The summed E-state index contributed by atoms with van der Waals surface area (Å²) in [5.41, 5.74) is 1.07. The number of methoxy groups -OCH3 is 2. The summed E-state index contributed by atoms with van der Waals surface area (Å²) >= 11 is 9.61. The zero-order chi connectivity index (χ0) is 15.6. The standard InChI is InChI=1S/C15H12BrClF2O2/c1-20-12-4-3-11(15(21-2)14(12)17)13(16)8-5-9(18)7-10(19)6-8/h3-7,13H,1-2H3. The molecule has 0 saturated carbocycles. The van der Waals surface area contributed by atoms with Crippen LogP contribution in [0.4, 0.5) is 8.78 Å². The number of benzene rings is 2. The van der Waals surface area contributed by atoms with Gasteiger partial charge in [-0.2, -0.15) is 0 Å². The SMILES string of the molecule is COc1ccc(C(Br)c2cc(F)cc(F)c2)c(OC)c1Cl. The normalized spacial score (nSPS) is 12.1. The lowest BCUT2D eigenvalue weighted by Crippen LogP contribution is -2.00. The van der Waals surface area contributed by atoms with Crippen molar-refractivity contribution in [3.63, 3.8) is 0 Å². The molecular weight excluding hydrogens is 366 g/mol. The van der Waals surface area contributed by atoms with Gasteiger partial charge in [0.2, 0.25) is 0 Å². The maximum Gasteiger partial charge on any atom is 0.145 e. The van der Waals surface area contributed by atoms with Crippen LogP contribution in [-0.4, -0.2) is 14.2 Å². The molecule has 2 rings (SSSR count). The summed E-state index contributed by atoms with van der Waals surface area (Å²) in [7, 11) is 2.96. The highest BCUT2D eigenvalue weighted by Gasteiger charge is 2.21. The van der Waals surface area contributed by atoms with E-state index in [2.05, 4.69) is 15.9 Å². The molecule has 0 aliphatic carbocycles. The Morgan fingerprint density at radius 2 is 1.67 bits per heavy atom. The quantitative estimate of drug-likeness (QED) is 0.689. The average Bonchev–Trinajstić information content (AvgIpc) is 2.45. The predicted molar refractivity (Wildman–Crippen MR) is 81.7 cm³/mol. The van der Waals surface area contributed by atoms with Crippen molar-refractivity contribution in [2.75, 3.05) is 14.2 Å². The molecule has 0 aliphatic rings. The molecule has 0 aromatic heterocycles. The van der Waals surface area contributed by atoms with E-state index in [4.69, 9.17) is 21.1 Å². The molecule has 21 heavy (non-hydrogen) atoms. The summed E-state index contributed by atoms with van der Waals surface area (Å²) in [4.78, 5) is -0.471. The largest absolute Gasteiger partial charge is 0.495 e. The van der Waals surface area contributed by atoms with Crippen LogP contribution in [0.3, 0.4) is 0 Å². The highest BCUT2D eigenvalue weighted by Crippen LogP contribution is 2.44. The van der Waals surface area contributed by atoms with Crippen LogP contribution in [0.25, 0.3) is 0 Å². The van der Waals surface area contributed by atoms with Crippen molar-refractivity contribution in [1.29, 1.82) is 0 Å². The van der Waals surface area contributed by atoms with Crippen molar-refractivity contribution in [2.24, 2.45) is 0 Å². The second-order valence-electron chi connectivity index (χ2n) is 4.27. The van der Waals surface area contributed by atoms with Gasteiger partial charge in [-0.1, -0.05) is 33.6 Å². The topological polar surface area (TPSA) is 18.5 Å². The maximum absolute atomic E-state index is 13.3. The summed E-state index contributed by atoms with van der Waals surface area (Å²) in [6.07, 6.45) is 0. The van der Waals surface area contributed by atoms with Crippen LogP contribution < -0.4 is 9.47 Å². The molecule has 0 radical (unpaired) electrons. The number of hydrogen-bond donors (Lipinski definition) is 0. The molecule has 2 aromatic rings. The Morgan fingerprint density at radius 3 is 2.19 bits per heavy atom. The predicted octanol–water partition coefficient (Wildman–Crippen LogP) is 5.12. The van der Waals surface area contributed by atoms with Gasteiger partial charge in [-0.25, -0.2) is 8.78 Å². The number of ether oxygens (including phenoxy) is 2. The molecule has 0 saturated heterocycles. The Balaban J connectivity index is 2.52. The minimum Gasteiger partial charge on any atom is -0.495 e. The first-order chi connectivity index (χ1) is 9.97. The summed E-state index contributed by atoms with van der Waals surface area (Å²) in [5, 5.41) is 0.304. The fourth-order valence-corrected chi connectivity index (χ4v) is 2.97. The number of rotatable bonds is 4. The summed E-state index contributed by atoms with van der Waals surface area (Å²) in [6, 6.07) is 6.72. The highest BCUT2D eigenvalue weighted by atomic mass is 79.9. The first kappa shape index (κ1) is 16.0. The maximum atomic E-state index is 13.3. The third kappa shape index (κ3) is 3.30. The molecule has 2 nitrogen and oxygen atoms in total. The van der Waals surface area contributed by atoms with Gasteiger partial charge in [-0.15, -0.1) is 0 Å². The Hall–Kier alpha value is -1.33. The van der Waals surface area contributed by atoms with Crippen LogP contribution in [0.1, 0.15) is 16.0 Å². The molecule has 0 fully saturated rings. The highest BCUT2D eigenvalue weighted by molar-refractivity contribution is 9.09. The Bertz CT molecular complexity index is 644. The Labute approximate surface area is 134 Å². The molecule has 1 unspecified atom stereocenters. The van der Waals surface area contributed by atoms with Gasteiger partial charge in [0, 0.05) is 11.6 Å². The second-order valence-corrected chi connectivity index (χ2v) is 5.56. The van der Waals surface area contributed by atoms with E-state index >= 15 is 0 Å². The molecule has 1 atom stereocenters. The van der Waals surface area contributed by atoms with Crippen molar-refractivity contribution < 1.29 is 18.3 Å². The van der Waals surface area contributed by atoms with Crippen LogP contribution in [-0.2, 0) is 0 Å². The van der Waals surface area contributed by atoms with E-state index in [0.717, 1.165) is 6.07 Å².